The Balaban J connectivity index is 1.59. The molecule has 3 heterocycles. The molecule has 0 N–H and O–H groups in total. The maximum atomic E-state index is 2.41. The molecule has 0 bridgehead atoms. The number of para-hydroxylation sites is 1. The maximum Gasteiger partial charge on any atom is 0.212 e. The van der Waals surface area contributed by atoms with E-state index in [4.69, 9.17) is 0 Å². The van der Waals surface area contributed by atoms with Crippen LogP contribution < -0.4 is 4.57 Å². The summed E-state index contributed by atoms with van der Waals surface area (Å²) in [5.41, 5.74) is 14.8. The Morgan fingerprint density at radius 2 is 1.57 bits per heavy atom. The molecule has 5 aromatic rings. The fourth-order valence-electron chi connectivity index (χ4n) is 5.11. The first-order valence-corrected chi connectivity index (χ1v) is 10.6. The molecule has 0 saturated heterocycles. The average Bonchev–Trinajstić information content (AvgIpc) is 3.25. The van der Waals surface area contributed by atoms with E-state index in [-0.39, 0.29) is 0 Å². The van der Waals surface area contributed by atoms with Crippen LogP contribution in [-0.2, 0) is 13.5 Å². The summed E-state index contributed by atoms with van der Waals surface area (Å²) in [6.07, 6.45) is 5.60. The fraction of sp³-hybridized carbons (Fsp3) is 0.179. The zero-order valence-corrected chi connectivity index (χ0v) is 18.0. The van der Waals surface area contributed by atoms with Gasteiger partial charge in [-0.05, 0) is 79.3 Å². The summed E-state index contributed by atoms with van der Waals surface area (Å²) in [7, 11) is 2.15. The molecule has 0 spiro atoms. The van der Waals surface area contributed by atoms with Gasteiger partial charge in [-0.3, -0.25) is 0 Å². The van der Waals surface area contributed by atoms with Crippen LogP contribution in [0.15, 0.2) is 67.0 Å². The van der Waals surface area contributed by atoms with Crippen LogP contribution in [0.3, 0.4) is 0 Å². The molecule has 2 aromatic carbocycles. The number of pyridine rings is 2. The third kappa shape index (κ3) is 2.40. The van der Waals surface area contributed by atoms with Gasteiger partial charge in [0.05, 0.1) is 5.52 Å². The van der Waals surface area contributed by atoms with Crippen LogP contribution in [0.25, 0.3) is 38.8 Å². The third-order valence-corrected chi connectivity index (χ3v) is 6.84. The van der Waals surface area contributed by atoms with Gasteiger partial charge in [-0.1, -0.05) is 24.3 Å². The van der Waals surface area contributed by atoms with Gasteiger partial charge in [-0.25, -0.2) is 4.57 Å². The summed E-state index contributed by atoms with van der Waals surface area (Å²) in [5, 5.41) is 1.30. The van der Waals surface area contributed by atoms with Gasteiger partial charge < -0.3 is 4.40 Å². The van der Waals surface area contributed by atoms with E-state index in [9.17, 15) is 0 Å². The molecule has 1 aliphatic rings. The number of nitrogens with zero attached hydrogens (tertiary/aromatic N) is 2. The minimum absolute atomic E-state index is 1.02. The molecule has 3 aromatic heterocycles. The van der Waals surface area contributed by atoms with Crippen molar-refractivity contribution in [1.29, 1.82) is 0 Å². The minimum Gasteiger partial charge on any atom is -0.316 e. The summed E-state index contributed by atoms with van der Waals surface area (Å²) in [5.74, 6) is 0. The summed E-state index contributed by atoms with van der Waals surface area (Å²) >= 11 is 0. The van der Waals surface area contributed by atoms with Gasteiger partial charge >= 0.3 is 0 Å². The predicted molar refractivity (Wildman–Crippen MR) is 124 cm³/mol. The van der Waals surface area contributed by atoms with Crippen molar-refractivity contribution in [2.45, 2.75) is 27.2 Å². The molecule has 0 unspecified atom stereocenters. The second-order valence-corrected chi connectivity index (χ2v) is 8.85. The molecule has 6 rings (SSSR count). The van der Waals surface area contributed by atoms with Crippen LogP contribution in [0, 0.1) is 20.8 Å². The van der Waals surface area contributed by atoms with Gasteiger partial charge in [0.15, 0.2) is 6.20 Å². The lowest BCUT2D eigenvalue weighted by Crippen LogP contribution is -2.31. The zero-order valence-electron chi connectivity index (χ0n) is 18.0. The van der Waals surface area contributed by atoms with Gasteiger partial charge in [-0.2, -0.15) is 0 Å². The van der Waals surface area contributed by atoms with Crippen LogP contribution in [-0.4, -0.2) is 4.40 Å². The SMILES string of the molecule is Cc1cc(-c2cc3c(cc2C)Cc2cc4cc5ccccc5n4cc2-3)[n+](C)cc1C. The molecule has 0 fully saturated rings. The van der Waals surface area contributed by atoms with Crippen LogP contribution in [0.5, 0.6) is 0 Å². The van der Waals surface area contributed by atoms with E-state index in [0.717, 1.165) is 6.42 Å². The number of aryl methyl sites for hydroxylation is 4. The number of hydrogen-bond acceptors (Lipinski definition) is 0. The summed E-state index contributed by atoms with van der Waals surface area (Å²) in [4.78, 5) is 0. The average molecular weight is 390 g/mol. The molecule has 146 valence electrons. The van der Waals surface area contributed by atoms with Crippen LogP contribution in [0.4, 0.5) is 0 Å². The second kappa shape index (κ2) is 6.06. The molecule has 0 saturated carbocycles. The first-order valence-electron chi connectivity index (χ1n) is 10.6. The number of hydrogen-bond donors (Lipinski definition) is 0. The van der Waals surface area contributed by atoms with Gasteiger partial charge in [0, 0.05) is 39.9 Å². The van der Waals surface area contributed by atoms with E-state index >= 15 is 0 Å². The van der Waals surface area contributed by atoms with E-state index < -0.39 is 0 Å². The molecule has 0 aliphatic heterocycles. The molecule has 0 amide bonds. The highest BCUT2D eigenvalue weighted by Crippen LogP contribution is 2.41. The normalized spacial score (nSPS) is 12.5. The largest absolute Gasteiger partial charge is 0.316 e. The lowest BCUT2D eigenvalue weighted by atomic mass is 9.96. The Hall–Kier alpha value is -3.39. The van der Waals surface area contributed by atoms with Crippen molar-refractivity contribution < 1.29 is 4.57 Å². The number of benzene rings is 2. The molecule has 0 radical (unpaired) electrons. The highest BCUT2D eigenvalue weighted by Gasteiger charge is 2.24. The zero-order chi connectivity index (χ0) is 20.6. The van der Waals surface area contributed by atoms with Crippen LogP contribution in [0.2, 0.25) is 0 Å². The van der Waals surface area contributed by atoms with Crippen molar-refractivity contribution in [2.24, 2.45) is 7.05 Å². The Labute approximate surface area is 177 Å². The third-order valence-electron chi connectivity index (χ3n) is 6.84. The molecular weight excluding hydrogens is 364 g/mol. The highest BCUT2D eigenvalue weighted by molar-refractivity contribution is 5.90. The topological polar surface area (TPSA) is 8.29 Å². The van der Waals surface area contributed by atoms with Gasteiger partial charge in [-0.15, -0.1) is 0 Å². The van der Waals surface area contributed by atoms with Crippen LogP contribution >= 0.6 is 0 Å². The summed E-state index contributed by atoms with van der Waals surface area (Å²) in [6.45, 7) is 6.62. The van der Waals surface area contributed by atoms with Crippen molar-refractivity contribution in [1.82, 2.24) is 4.40 Å². The quantitative estimate of drug-likeness (QED) is 0.301. The lowest BCUT2D eigenvalue weighted by Gasteiger charge is -2.10. The molecule has 2 nitrogen and oxygen atoms in total. The Kier molecular flexibility index (Phi) is 3.53. The van der Waals surface area contributed by atoms with Crippen LogP contribution in [0.1, 0.15) is 27.8 Å². The Morgan fingerprint density at radius 3 is 2.43 bits per heavy atom. The van der Waals surface area contributed by atoms with Crippen molar-refractivity contribution in [3.05, 3.63) is 94.8 Å². The van der Waals surface area contributed by atoms with E-state index in [2.05, 4.69) is 104 Å². The van der Waals surface area contributed by atoms with Crippen molar-refractivity contribution in [3.8, 4) is 22.4 Å². The van der Waals surface area contributed by atoms with Gasteiger partial charge in [0.2, 0.25) is 5.69 Å². The maximum absolute atomic E-state index is 2.41. The number of fused-ring (bicyclic) bond motifs is 6. The van der Waals surface area contributed by atoms with E-state index in [1.54, 1.807) is 0 Å². The molecular formula is C28H25N2+. The fourth-order valence-corrected chi connectivity index (χ4v) is 5.11. The van der Waals surface area contributed by atoms with E-state index in [1.165, 1.54) is 66.6 Å². The predicted octanol–water partition coefficient (Wildman–Crippen LogP) is 6.08. The summed E-state index contributed by atoms with van der Waals surface area (Å²) in [6, 6.07) is 20.4. The molecule has 30 heavy (non-hydrogen) atoms. The molecule has 0 atom stereocenters. The summed E-state index contributed by atoms with van der Waals surface area (Å²) < 4.78 is 4.61. The lowest BCUT2D eigenvalue weighted by molar-refractivity contribution is -0.660. The standard InChI is InChI=1S/C28H25N2/c1-17-10-28(29(4)15-19(17)3)24-14-25-21(9-18(24)2)11-22-13-23-12-20-7-5-6-8-27(20)30(23)16-26(22)25/h5-10,12-16H,11H2,1-4H3/q+1. The highest BCUT2D eigenvalue weighted by atomic mass is 14.9. The first-order chi connectivity index (χ1) is 14.5. The Morgan fingerprint density at radius 1 is 0.767 bits per heavy atom. The monoisotopic (exact) mass is 389 g/mol. The number of aromatic nitrogens is 2. The molecule has 1 aliphatic carbocycles. The van der Waals surface area contributed by atoms with Crippen molar-refractivity contribution in [2.75, 3.05) is 0 Å². The first kappa shape index (κ1) is 17.5. The smallest absolute Gasteiger partial charge is 0.212 e. The number of rotatable bonds is 1. The second-order valence-electron chi connectivity index (χ2n) is 8.85. The van der Waals surface area contributed by atoms with E-state index in [1.807, 2.05) is 0 Å². The van der Waals surface area contributed by atoms with Gasteiger partial charge in [0.1, 0.15) is 7.05 Å². The minimum atomic E-state index is 1.02. The van der Waals surface area contributed by atoms with Gasteiger partial charge in [0.25, 0.3) is 0 Å². The van der Waals surface area contributed by atoms with E-state index in [0.29, 0.717) is 0 Å². The molecule has 2 heteroatoms. The van der Waals surface area contributed by atoms with Crippen molar-refractivity contribution >= 4 is 16.4 Å². The van der Waals surface area contributed by atoms with Crippen molar-refractivity contribution in [3.63, 3.8) is 0 Å². The Bertz CT molecular complexity index is 1500.